The molecule has 3 atom stereocenters. The molecule has 7 heteroatoms. The Labute approximate surface area is 151 Å². The predicted molar refractivity (Wildman–Crippen MR) is 84.3 cm³/mol. The molecule has 120 valence electrons. The van der Waals surface area contributed by atoms with Crippen LogP contribution in [0.25, 0.3) is 0 Å². The van der Waals surface area contributed by atoms with Crippen LogP contribution in [0.15, 0.2) is 66.0 Å². The van der Waals surface area contributed by atoms with Gasteiger partial charge in [0.1, 0.15) is 0 Å². The van der Waals surface area contributed by atoms with Crippen molar-refractivity contribution in [1.82, 2.24) is 0 Å². The predicted octanol–water partition coefficient (Wildman–Crippen LogP) is 4.94. The van der Waals surface area contributed by atoms with Crippen molar-refractivity contribution in [3.63, 3.8) is 0 Å². The zero-order valence-corrected chi connectivity index (χ0v) is 16.0. The molecule has 0 aliphatic carbocycles. The summed E-state index contributed by atoms with van der Waals surface area (Å²) >= 11 is 0. The van der Waals surface area contributed by atoms with Crippen LogP contribution in [0.1, 0.15) is 41.5 Å². The van der Waals surface area contributed by atoms with E-state index in [2.05, 4.69) is 48.9 Å². The molecule has 0 saturated heterocycles. The SMILES string of the molecule is CC1=CC(C)([C-](C2(C)C=C(C)N=N2)C2(C)C=C(C)N=N2)N=N1.[Ti]. The van der Waals surface area contributed by atoms with Crippen LogP contribution < -0.4 is 0 Å². The molecular weight excluding hydrogens is 324 g/mol. The van der Waals surface area contributed by atoms with Gasteiger partial charge in [-0.1, -0.05) is 39.0 Å². The Hall–Kier alpha value is -1.27. The molecular formula is C16H21N6Ti-. The molecule has 0 radical (unpaired) electrons. The molecule has 0 fully saturated rings. The number of rotatable bonds is 3. The summed E-state index contributed by atoms with van der Waals surface area (Å²) in [5, 5.41) is 26.2. The molecule has 3 aliphatic rings. The van der Waals surface area contributed by atoms with Gasteiger partial charge in [-0.15, -0.1) is 0 Å². The van der Waals surface area contributed by atoms with E-state index in [1.807, 2.05) is 41.5 Å². The van der Waals surface area contributed by atoms with Crippen LogP contribution in [-0.4, -0.2) is 16.6 Å². The summed E-state index contributed by atoms with van der Waals surface area (Å²) in [7, 11) is 0. The maximum atomic E-state index is 4.51. The van der Waals surface area contributed by atoms with Crippen LogP contribution in [0.2, 0.25) is 0 Å². The van der Waals surface area contributed by atoms with Crippen LogP contribution in [-0.2, 0) is 21.7 Å². The molecule has 0 aromatic carbocycles. The van der Waals surface area contributed by atoms with Crippen molar-refractivity contribution in [3.8, 4) is 0 Å². The summed E-state index contributed by atoms with van der Waals surface area (Å²) in [4.78, 5) is 0. The van der Waals surface area contributed by atoms with Gasteiger partial charge >= 0.3 is 0 Å². The average molecular weight is 345 g/mol. The van der Waals surface area contributed by atoms with Crippen molar-refractivity contribution in [1.29, 1.82) is 0 Å². The van der Waals surface area contributed by atoms with Crippen LogP contribution in [0, 0.1) is 5.92 Å². The standard InChI is InChI=1S/C16H21N6.Ti/c1-10-7-14(4,20-17-10)13(15(5)8-11(2)18-21-15)16(6)9-12(3)19-22-16;/h7-9H,1-6H3;/q-1;. The third-order valence-corrected chi connectivity index (χ3v) is 4.23. The third kappa shape index (κ3) is 2.94. The fourth-order valence-electron chi connectivity index (χ4n) is 3.85. The first-order valence-corrected chi connectivity index (χ1v) is 7.42. The summed E-state index contributed by atoms with van der Waals surface area (Å²) in [6.07, 6.45) is 6.19. The molecule has 6 nitrogen and oxygen atoms in total. The van der Waals surface area contributed by atoms with E-state index >= 15 is 0 Å². The van der Waals surface area contributed by atoms with Gasteiger partial charge in [-0.25, -0.2) is 21.3 Å². The molecule has 0 N–H and O–H groups in total. The maximum Gasteiger partial charge on any atom is 0.0552 e. The quantitative estimate of drug-likeness (QED) is 0.513. The summed E-state index contributed by atoms with van der Waals surface area (Å²) in [5.74, 6) is 1.02. The summed E-state index contributed by atoms with van der Waals surface area (Å²) in [6.45, 7) is 12.0. The number of hydrogen-bond acceptors (Lipinski definition) is 6. The van der Waals surface area contributed by atoms with Gasteiger partial charge in [-0.3, -0.25) is 0 Å². The summed E-state index contributed by atoms with van der Waals surface area (Å²) < 4.78 is 0. The first-order chi connectivity index (χ1) is 10.2. The Morgan fingerprint density at radius 1 is 0.652 bits per heavy atom. The van der Waals surface area contributed by atoms with Crippen molar-refractivity contribution in [2.75, 3.05) is 0 Å². The zero-order valence-electron chi connectivity index (χ0n) is 14.4. The molecule has 0 aromatic rings. The van der Waals surface area contributed by atoms with Crippen LogP contribution in [0.5, 0.6) is 0 Å². The van der Waals surface area contributed by atoms with Gasteiger partial charge in [0.15, 0.2) is 0 Å². The number of nitrogens with zero attached hydrogens (tertiary/aromatic N) is 6. The van der Waals surface area contributed by atoms with Gasteiger partial charge in [-0.05, 0) is 37.4 Å². The largest absolute Gasteiger partial charge is 0.216 e. The molecule has 3 heterocycles. The van der Waals surface area contributed by atoms with Gasteiger partial charge in [0.05, 0.1) is 17.1 Å². The van der Waals surface area contributed by atoms with E-state index in [-0.39, 0.29) is 21.7 Å². The zero-order chi connectivity index (χ0) is 16.2. The Kier molecular flexibility index (Phi) is 4.46. The van der Waals surface area contributed by atoms with Crippen LogP contribution >= 0.6 is 0 Å². The minimum atomic E-state index is -0.576. The molecule has 0 spiro atoms. The van der Waals surface area contributed by atoms with E-state index in [9.17, 15) is 0 Å². The van der Waals surface area contributed by atoms with Gasteiger partial charge < -0.3 is 0 Å². The van der Waals surface area contributed by atoms with Gasteiger partial charge in [0, 0.05) is 21.7 Å². The van der Waals surface area contributed by atoms with Crippen molar-refractivity contribution in [2.45, 2.75) is 58.2 Å². The Balaban J connectivity index is 0.00000192. The first kappa shape index (κ1) is 18.1. The third-order valence-electron chi connectivity index (χ3n) is 4.23. The van der Waals surface area contributed by atoms with E-state index in [1.165, 1.54) is 0 Å². The number of hydrogen-bond donors (Lipinski definition) is 0. The second-order valence-electron chi connectivity index (χ2n) is 6.77. The fraction of sp³-hybridized carbons (Fsp3) is 0.562. The Bertz CT molecular complexity index is 608. The molecule has 23 heavy (non-hydrogen) atoms. The topological polar surface area (TPSA) is 74.2 Å². The van der Waals surface area contributed by atoms with Crippen molar-refractivity contribution in [3.05, 3.63) is 41.2 Å². The first-order valence-electron chi connectivity index (χ1n) is 7.42. The van der Waals surface area contributed by atoms with E-state index < -0.39 is 16.6 Å². The van der Waals surface area contributed by atoms with E-state index in [4.69, 9.17) is 0 Å². The Morgan fingerprint density at radius 3 is 1.09 bits per heavy atom. The van der Waals surface area contributed by atoms with E-state index in [0.717, 1.165) is 23.0 Å². The number of allylic oxidation sites excluding steroid dienone is 3. The molecule has 0 amide bonds. The van der Waals surface area contributed by atoms with Crippen molar-refractivity contribution >= 4 is 0 Å². The van der Waals surface area contributed by atoms with Crippen molar-refractivity contribution in [2.24, 2.45) is 30.7 Å². The minimum Gasteiger partial charge on any atom is -0.216 e. The number of azo groups is 3. The van der Waals surface area contributed by atoms with Gasteiger partial charge in [0.2, 0.25) is 0 Å². The molecule has 3 unspecified atom stereocenters. The average Bonchev–Trinajstić information content (AvgIpc) is 3.01. The van der Waals surface area contributed by atoms with E-state index in [0.29, 0.717) is 0 Å². The minimum absolute atomic E-state index is 0. The molecule has 0 bridgehead atoms. The molecule has 0 saturated carbocycles. The van der Waals surface area contributed by atoms with Crippen LogP contribution in [0.3, 0.4) is 0 Å². The van der Waals surface area contributed by atoms with Gasteiger partial charge in [-0.2, -0.15) is 15.3 Å². The smallest absolute Gasteiger partial charge is 0.0552 e. The maximum absolute atomic E-state index is 4.51. The van der Waals surface area contributed by atoms with Crippen molar-refractivity contribution < 1.29 is 21.7 Å². The monoisotopic (exact) mass is 345 g/mol. The van der Waals surface area contributed by atoms with Gasteiger partial charge in [0.25, 0.3) is 0 Å². The summed E-state index contributed by atoms with van der Waals surface area (Å²) in [6, 6.07) is 0. The molecule has 0 aromatic heterocycles. The molecule has 3 rings (SSSR count). The van der Waals surface area contributed by atoms with Crippen LogP contribution in [0.4, 0.5) is 0 Å². The van der Waals surface area contributed by atoms with E-state index in [1.54, 1.807) is 0 Å². The fourth-order valence-corrected chi connectivity index (χ4v) is 3.85. The normalized spacial score (nSPS) is 38.0. The second-order valence-corrected chi connectivity index (χ2v) is 6.77. The second kappa shape index (κ2) is 5.67. The molecule has 3 aliphatic heterocycles. The summed E-state index contributed by atoms with van der Waals surface area (Å²) in [5.41, 5.74) is 0.977. The Morgan fingerprint density at radius 2 is 0.913 bits per heavy atom.